The Balaban J connectivity index is 2.20. The maximum Gasteiger partial charge on any atom is 0.317 e. The second-order valence-corrected chi connectivity index (χ2v) is 15.9. The van der Waals surface area contributed by atoms with Crippen molar-refractivity contribution in [2.75, 3.05) is 32.8 Å². The van der Waals surface area contributed by atoms with E-state index in [1.165, 1.54) is 135 Å². The number of esters is 1. The highest BCUT2D eigenvalue weighted by Crippen LogP contribution is 2.19. The van der Waals surface area contributed by atoms with Gasteiger partial charge in [0.25, 0.3) is 0 Å². The van der Waals surface area contributed by atoms with E-state index in [0.717, 1.165) is 32.1 Å². The van der Waals surface area contributed by atoms with Crippen molar-refractivity contribution in [1.82, 2.24) is 4.90 Å². The molecule has 0 saturated heterocycles. The van der Waals surface area contributed by atoms with E-state index in [1.807, 2.05) is 4.90 Å². The van der Waals surface area contributed by atoms with Crippen LogP contribution in [0.3, 0.4) is 0 Å². The molecule has 7 heteroatoms. The summed E-state index contributed by atoms with van der Waals surface area (Å²) in [5.74, 6) is 0.707. The first-order chi connectivity index (χ1) is 24.5. The van der Waals surface area contributed by atoms with Crippen molar-refractivity contribution in [3.05, 3.63) is 24.3 Å². The fourth-order valence-corrected chi connectivity index (χ4v) is 7.74. The minimum Gasteiger partial charge on any atom is -0.462 e. The number of halogens is 1. The highest BCUT2D eigenvalue weighted by atomic mass is 127. The molecule has 0 aromatic rings. The van der Waals surface area contributed by atoms with Crippen LogP contribution >= 0.6 is 22.6 Å². The minimum absolute atomic E-state index is 0.0163. The molecule has 1 aliphatic heterocycles. The van der Waals surface area contributed by atoms with Crippen LogP contribution in [0, 0.1) is 0 Å². The summed E-state index contributed by atoms with van der Waals surface area (Å²) in [5.41, 5.74) is 0. The number of ketones is 1. The van der Waals surface area contributed by atoms with Gasteiger partial charge in [0.1, 0.15) is 26.2 Å². The average molecular weight is 814 g/mol. The van der Waals surface area contributed by atoms with Crippen molar-refractivity contribution in [3.63, 3.8) is 0 Å². The number of allylic oxidation sites excluding steroid dienone is 4. The zero-order valence-corrected chi connectivity index (χ0v) is 34.8. The third-order valence-electron chi connectivity index (χ3n) is 9.80. The second kappa shape index (κ2) is 34.8. The summed E-state index contributed by atoms with van der Waals surface area (Å²) < 4.78 is 7.78. The molecule has 6 nitrogen and oxygen atoms in total. The van der Waals surface area contributed by atoms with Gasteiger partial charge in [0.05, 0.1) is 6.61 Å². The molecular formula is C43H78IN2O4+. The Morgan fingerprint density at radius 1 is 0.680 bits per heavy atom. The molecule has 0 radical (unpaired) electrons. The molecule has 1 atom stereocenters. The highest BCUT2D eigenvalue weighted by molar-refractivity contribution is 14.1. The lowest BCUT2D eigenvalue weighted by atomic mass is 10.1. The Kier molecular flexibility index (Phi) is 32.6. The molecule has 1 heterocycles. The third kappa shape index (κ3) is 25.7. The zero-order valence-electron chi connectivity index (χ0n) is 32.7. The molecule has 0 aliphatic carbocycles. The molecule has 1 aliphatic rings. The largest absolute Gasteiger partial charge is 0.462 e. The molecule has 0 bridgehead atoms. The molecule has 0 saturated carbocycles. The molecule has 1 N–H and O–H groups in total. The molecule has 0 aromatic heterocycles. The standard InChI is InChI=1S/C43H78IN2O4/c1-3-5-7-9-11-13-15-17-19-21-23-25-27-29-31-33-40(48)43-45(39-41(44)46(43)35-37-47)36-38-50-42(49)34-32-30-28-26-24-22-20-18-16-14-12-10-8-6-4-2/h17-20,41,47H,3-16,21-39H2,1-2H3/q+1. The molecule has 50 heavy (non-hydrogen) atoms. The molecule has 1 rings (SSSR count). The van der Waals surface area contributed by atoms with E-state index < -0.39 is 0 Å². The van der Waals surface area contributed by atoms with E-state index in [4.69, 9.17) is 4.74 Å². The predicted molar refractivity (Wildman–Crippen MR) is 221 cm³/mol. The summed E-state index contributed by atoms with van der Waals surface area (Å²) in [7, 11) is 0. The number of ether oxygens (including phenoxy) is 1. The lowest BCUT2D eigenvalue weighted by molar-refractivity contribution is -0.519. The van der Waals surface area contributed by atoms with Gasteiger partial charge in [-0.15, -0.1) is 0 Å². The Labute approximate surface area is 322 Å². The number of Topliss-reactive ketones (excluding diaryl/α,β-unsaturated/α-hetero) is 1. The minimum atomic E-state index is -0.138. The van der Waals surface area contributed by atoms with Crippen LogP contribution in [-0.2, 0) is 14.3 Å². The number of β-amino-alcohol motifs (C(OH)–C–C–N with tert-alkyl or cyclic N) is 1. The number of amidine groups is 1. The topological polar surface area (TPSA) is 69.9 Å². The number of unbranched alkanes of at least 4 members (excludes halogenated alkanes) is 22. The van der Waals surface area contributed by atoms with E-state index >= 15 is 0 Å². The quantitative estimate of drug-likeness (QED) is 0.0130. The molecule has 290 valence electrons. The molecular weight excluding hydrogens is 735 g/mol. The van der Waals surface area contributed by atoms with Crippen LogP contribution in [0.2, 0.25) is 0 Å². The number of aliphatic hydroxyl groups is 1. The van der Waals surface area contributed by atoms with E-state index in [1.54, 1.807) is 0 Å². The highest BCUT2D eigenvalue weighted by Gasteiger charge is 2.41. The number of carbonyl (C=O) groups excluding carboxylic acids is 2. The van der Waals surface area contributed by atoms with Crippen LogP contribution in [0.25, 0.3) is 0 Å². The Bertz CT molecular complexity index is 919. The van der Waals surface area contributed by atoms with Crippen LogP contribution in [0.15, 0.2) is 24.3 Å². The molecule has 1 unspecified atom stereocenters. The van der Waals surface area contributed by atoms with Crippen molar-refractivity contribution in [1.29, 1.82) is 0 Å². The number of hydrogen-bond acceptors (Lipinski definition) is 5. The summed E-state index contributed by atoms with van der Waals surface area (Å²) in [4.78, 5) is 27.8. The van der Waals surface area contributed by atoms with Gasteiger partial charge in [-0.1, -0.05) is 141 Å². The lowest BCUT2D eigenvalue weighted by Crippen LogP contribution is -2.40. The summed E-state index contributed by atoms with van der Waals surface area (Å²) in [6, 6.07) is 0. The van der Waals surface area contributed by atoms with E-state index in [0.29, 0.717) is 44.9 Å². The fraction of sp³-hybridized carbons (Fsp3) is 0.837. The number of carbonyl (C=O) groups is 2. The van der Waals surface area contributed by atoms with Gasteiger partial charge >= 0.3 is 11.8 Å². The average Bonchev–Trinajstić information content (AvgIpc) is 3.42. The molecule has 0 spiro atoms. The van der Waals surface area contributed by atoms with Gasteiger partial charge in [0.15, 0.2) is 4.05 Å². The van der Waals surface area contributed by atoms with Crippen molar-refractivity contribution in [2.45, 2.75) is 198 Å². The smallest absolute Gasteiger partial charge is 0.317 e. The Hall–Kier alpha value is -1.22. The van der Waals surface area contributed by atoms with E-state index in [-0.39, 0.29) is 22.4 Å². The Morgan fingerprint density at radius 2 is 1.10 bits per heavy atom. The van der Waals surface area contributed by atoms with Gasteiger partial charge in [0.2, 0.25) is 5.78 Å². The maximum atomic E-state index is 13.4. The van der Waals surface area contributed by atoms with Crippen molar-refractivity contribution in [3.8, 4) is 0 Å². The van der Waals surface area contributed by atoms with E-state index in [2.05, 4.69) is 65.3 Å². The van der Waals surface area contributed by atoms with E-state index in [9.17, 15) is 14.7 Å². The van der Waals surface area contributed by atoms with Gasteiger partial charge in [-0.3, -0.25) is 14.2 Å². The van der Waals surface area contributed by atoms with Gasteiger partial charge in [0, 0.05) is 12.8 Å². The fourth-order valence-electron chi connectivity index (χ4n) is 6.72. The van der Waals surface area contributed by atoms with Crippen molar-refractivity contribution < 1.29 is 24.0 Å². The lowest BCUT2D eigenvalue weighted by Gasteiger charge is -2.14. The predicted octanol–water partition coefficient (Wildman–Crippen LogP) is 11.7. The summed E-state index contributed by atoms with van der Waals surface area (Å²) in [5, 5.41) is 9.66. The van der Waals surface area contributed by atoms with Crippen LogP contribution in [0.5, 0.6) is 0 Å². The SMILES string of the molecule is CCCCCCCCC=CCCCCCCCC(=O)OCC[N+]1=C(C(=O)CCCCCCCC=CCCCCCCCC)N(CCO)C(I)C1. The second-order valence-electron chi connectivity index (χ2n) is 14.4. The van der Waals surface area contributed by atoms with Crippen LogP contribution in [0.4, 0.5) is 0 Å². The summed E-state index contributed by atoms with van der Waals surface area (Å²) in [6.45, 7) is 6.53. The van der Waals surface area contributed by atoms with Gasteiger partial charge in [-0.05, 0) is 86.8 Å². The van der Waals surface area contributed by atoms with Crippen molar-refractivity contribution >= 4 is 40.2 Å². The maximum absolute atomic E-state index is 13.4. The van der Waals surface area contributed by atoms with Gasteiger partial charge in [-0.25, -0.2) is 4.90 Å². The first-order valence-corrected chi connectivity index (χ1v) is 22.4. The first-order valence-electron chi connectivity index (χ1n) is 21.2. The van der Waals surface area contributed by atoms with Crippen LogP contribution in [0.1, 0.15) is 194 Å². The first kappa shape index (κ1) is 46.8. The zero-order chi connectivity index (χ0) is 36.3. The third-order valence-corrected chi connectivity index (χ3v) is 10.9. The van der Waals surface area contributed by atoms with Gasteiger partial charge < -0.3 is 9.84 Å². The van der Waals surface area contributed by atoms with Crippen LogP contribution in [-0.4, -0.2) is 69.1 Å². The Morgan fingerprint density at radius 3 is 1.56 bits per heavy atom. The van der Waals surface area contributed by atoms with Crippen molar-refractivity contribution in [2.24, 2.45) is 0 Å². The van der Waals surface area contributed by atoms with Crippen LogP contribution < -0.4 is 0 Å². The number of aliphatic hydroxyl groups excluding tert-OH is 1. The number of alkyl halides is 1. The summed E-state index contributed by atoms with van der Waals surface area (Å²) in [6.07, 6.45) is 42.6. The number of nitrogens with zero attached hydrogens (tertiary/aromatic N) is 2. The summed E-state index contributed by atoms with van der Waals surface area (Å²) >= 11 is 2.36. The number of rotatable bonds is 36. The van der Waals surface area contributed by atoms with Gasteiger partial charge in [-0.2, -0.15) is 0 Å². The molecule has 0 aromatic carbocycles. The number of hydrogen-bond donors (Lipinski definition) is 1. The monoisotopic (exact) mass is 814 g/mol. The molecule has 0 amide bonds. The normalized spacial score (nSPS) is 15.0. The molecule has 0 fully saturated rings.